The number of aromatic nitrogens is 3. The first-order chi connectivity index (χ1) is 11.5. The molecule has 1 aromatic carbocycles. The first-order valence-electron chi connectivity index (χ1n) is 7.63. The zero-order valence-electron chi connectivity index (χ0n) is 12.9. The maximum absolute atomic E-state index is 12.9. The molecule has 24 heavy (non-hydrogen) atoms. The topological polar surface area (TPSA) is 50.5 Å². The van der Waals surface area contributed by atoms with Gasteiger partial charge < -0.3 is 4.90 Å². The molecule has 4 rings (SSSR count). The number of carbonyl (C=O) groups excluding carboxylic acids is 1. The van der Waals surface area contributed by atoms with Crippen LogP contribution in [0, 0.1) is 0 Å². The molecule has 1 unspecified atom stereocenters. The quantitative estimate of drug-likeness (QED) is 0.563. The molecule has 1 aliphatic heterocycles. The van der Waals surface area contributed by atoms with Crippen molar-refractivity contribution in [3.05, 3.63) is 62.4 Å². The number of fused-ring (bicyclic) bond motifs is 2. The molecule has 0 N–H and O–H groups in total. The van der Waals surface area contributed by atoms with Crippen molar-refractivity contribution in [3.8, 4) is 0 Å². The van der Waals surface area contributed by atoms with Gasteiger partial charge in [0.25, 0.3) is 5.91 Å². The number of hydrogen-bond donors (Lipinski definition) is 0. The molecule has 0 saturated heterocycles. The molecular weight excluding hydrogens is 436 g/mol. The van der Waals surface area contributed by atoms with Crippen molar-refractivity contribution in [2.75, 3.05) is 6.54 Å². The molecule has 7 heteroatoms. The molecule has 0 radical (unpaired) electrons. The van der Waals surface area contributed by atoms with Crippen molar-refractivity contribution in [3.63, 3.8) is 0 Å². The molecule has 122 valence electrons. The summed E-state index contributed by atoms with van der Waals surface area (Å²) in [6.45, 7) is 2.75. The van der Waals surface area contributed by atoms with Gasteiger partial charge in [0.05, 0.1) is 10.5 Å². The molecule has 0 spiro atoms. The minimum atomic E-state index is -0.0577. The van der Waals surface area contributed by atoms with Crippen molar-refractivity contribution in [2.45, 2.75) is 19.4 Å². The average Bonchev–Trinajstić information content (AvgIpc) is 2.97. The summed E-state index contributed by atoms with van der Waals surface area (Å²) in [6.07, 6.45) is 4.34. The van der Waals surface area contributed by atoms with E-state index in [0.29, 0.717) is 17.9 Å². The lowest BCUT2D eigenvalue weighted by atomic mass is 9.93. The fraction of sp³-hybridized carbons (Fsp3) is 0.235. The number of halogens is 2. The number of hydrogen-bond acceptors (Lipinski definition) is 3. The van der Waals surface area contributed by atoms with Gasteiger partial charge >= 0.3 is 0 Å². The fourth-order valence-corrected chi connectivity index (χ4v) is 3.89. The predicted molar refractivity (Wildman–Crippen MR) is 98.0 cm³/mol. The SMILES string of the molecule is CC1c2ccc(Br)cc2CCN1C(=O)c1cc2ncc(Br)cn2n1. The summed E-state index contributed by atoms with van der Waals surface area (Å²) < 4.78 is 3.52. The Kier molecular flexibility index (Phi) is 3.92. The van der Waals surface area contributed by atoms with E-state index in [4.69, 9.17) is 0 Å². The van der Waals surface area contributed by atoms with Crippen LogP contribution >= 0.6 is 31.9 Å². The van der Waals surface area contributed by atoms with Crippen molar-refractivity contribution in [1.82, 2.24) is 19.5 Å². The van der Waals surface area contributed by atoms with E-state index >= 15 is 0 Å². The summed E-state index contributed by atoms with van der Waals surface area (Å²) in [5, 5.41) is 4.38. The van der Waals surface area contributed by atoms with Crippen molar-refractivity contribution < 1.29 is 4.79 Å². The van der Waals surface area contributed by atoms with Crippen LogP contribution in [0.25, 0.3) is 5.65 Å². The Morgan fingerprint density at radius 3 is 2.92 bits per heavy atom. The van der Waals surface area contributed by atoms with Crippen LogP contribution in [0.5, 0.6) is 0 Å². The van der Waals surface area contributed by atoms with E-state index in [1.54, 1.807) is 23.0 Å². The summed E-state index contributed by atoms with van der Waals surface area (Å²) in [5.74, 6) is -0.0577. The van der Waals surface area contributed by atoms with Gasteiger partial charge in [-0.15, -0.1) is 0 Å². The average molecular weight is 450 g/mol. The monoisotopic (exact) mass is 448 g/mol. The molecule has 1 atom stereocenters. The normalized spacial score (nSPS) is 17.1. The van der Waals surface area contributed by atoms with Crippen LogP contribution in [0.4, 0.5) is 0 Å². The highest BCUT2D eigenvalue weighted by Gasteiger charge is 2.29. The van der Waals surface area contributed by atoms with Gasteiger partial charge in [0.15, 0.2) is 11.3 Å². The van der Waals surface area contributed by atoms with Crippen LogP contribution in [0.2, 0.25) is 0 Å². The van der Waals surface area contributed by atoms with Crippen LogP contribution in [0.1, 0.15) is 34.6 Å². The zero-order chi connectivity index (χ0) is 16.8. The third kappa shape index (κ3) is 2.65. The van der Waals surface area contributed by atoms with Gasteiger partial charge in [-0.3, -0.25) is 4.79 Å². The van der Waals surface area contributed by atoms with Gasteiger partial charge in [-0.2, -0.15) is 5.10 Å². The maximum atomic E-state index is 12.9. The van der Waals surface area contributed by atoms with Crippen molar-refractivity contribution >= 4 is 43.4 Å². The van der Waals surface area contributed by atoms with Crippen LogP contribution in [0.3, 0.4) is 0 Å². The second kappa shape index (κ2) is 5.97. The molecule has 0 bridgehead atoms. The molecule has 2 aromatic heterocycles. The molecule has 0 fully saturated rings. The number of carbonyl (C=O) groups is 1. The van der Waals surface area contributed by atoms with Crippen LogP contribution in [-0.2, 0) is 6.42 Å². The van der Waals surface area contributed by atoms with E-state index in [-0.39, 0.29) is 11.9 Å². The molecule has 5 nitrogen and oxygen atoms in total. The first-order valence-corrected chi connectivity index (χ1v) is 9.22. The van der Waals surface area contributed by atoms with E-state index in [2.05, 4.69) is 61.0 Å². The second-order valence-electron chi connectivity index (χ2n) is 5.87. The van der Waals surface area contributed by atoms with Crippen molar-refractivity contribution in [2.24, 2.45) is 0 Å². The van der Waals surface area contributed by atoms with Gasteiger partial charge in [-0.25, -0.2) is 9.50 Å². The summed E-state index contributed by atoms with van der Waals surface area (Å²) in [7, 11) is 0. The highest BCUT2D eigenvalue weighted by molar-refractivity contribution is 9.10. The lowest BCUT2D eigenvalue weighted by molar-refractivity contribution is 0.0671. The largest absolute Gasteiger partial charge is 0.330 e. The third-order valence-electron chi connectivity index (χ3n) is 4.41. The summed E-state index contributed by atoms with van der Waals surface area (Å²) in [4.78, 5) is 19.1. The van der Waals surface area contributed by atoms with E-state index < -0.39 is 0 Å². The minimum Gasteiger partial charge on any atom is -0.330 e. The second-order valence-corrected chi connectivity index (χ2v) is 7.70. The molecule has 3 heterocycles. The van der Waals surface area contributed by atoms with Gasteiger partial charge in [-0.1, -0.05) is 22.0 Å². The predicted octanol–water partition coefficient (Wildman–Crippen LogP) is 4.01. The van der Waals surface area contributed by atoms with Crippen LogP contribution in [0.15, 0.2) is 45.6 Å². The standard InChI is InChI=1S/C17H14Br2N4O/c1-10-14-3-2-12(18)6-11(14)4-5-22(10)17(24)15-7-16-20-8-13(19)9-23(16)21-15/h2-3,6-10H,4-5H2,1H3. The Morgan fingerprint density at radius 2 is 2.08 bits per heavy atom. The number of benzene rings is 1. The smallest absolute Gasteiger partial charge is 0.274 e. The van der Waals surface area contributed by atoms with E-state index in [0.717, 1.165) is 15.4 Å². The van der Waals surface area contributed by atoms with Crippen molar-refractivity contribution in [1.29, 1.82) is 0 Å². The van der Waals surface area contributed by atoms with Gasteiger partial charge in [0.1, 0.15) is 0 Å². The van der Waals surface area contributed by atoms with E-state index in [1.165, 1.54) is 11.1 Å². The summed E-state index contributed by atoms with van der Waals surface area (Å²) in [5.41, 5.74) is 3.58. The number of nitrogens with zero attached hydrogens (tertiary/aromatic N) is 4. The Morgan fingerprint density at radius 1 is 1.25 bits per heavy atom. The molecule has 3 aromatic rings. The minimum absolute atomic E-state index is 0.0267. The van der Waals surface area contributed by atoms with Crippen LogP contribution in [-0.4, -0.2) is 31.9 Å². The Hall–Kier alpha value is -1.73. The van der Waals surface area contributed by atoms with Gasteiger partial charge in [0, 0.05) is 29.5 Å². The highest BCUT2D eigenvalue weighted by atomic mass is 79.9. The maximum Gasteiger partial charge on any atom is 0.274 e. The summed E-state index contributed by atoms with van der Waals surface area (Å²) in [6, 6.07) is 8.01. The van der Waals surface area contributed by atoms with Gasteiger partial charge in [0.2, 0.25) is 0 Å². The lowest BCUT2D eigenvalue weighted by Gasteiger charge is -2.35. The summed E-state index contributed by atoms with van der Waals surface area (Å²) >= 11 is 6.88. The molecule has 0 aliphatic carbocycles. The number of amides is 1. The Bertz CT molecular complexity index is 953. The first kappa shape index (κ1) is 15.8. The highest BCUT2D eigenvalue weighted by Crippen LogP contribution is 2.32. The van der Waals surface area contributed by atoms with Crippen LogP contribution < -0.4 is 0 Å². The molecule has 1 aliphatic rings. The molecule has 1 amide bonds. The van der Waals surface area contributed by atoms with E-state index in [9.17, 15) is 4.79 Å². The van der Waals surface area contributed by atoms with Gasteiger partial charge in [-0.05, 0) is 52.5 Å². The number of rotatable bonds is 1. The lowest BCUT2D eigenvalue weighted by Crippen LogP contribution is -2.39. The molecule has 0 saturated carbocycles. The fourth-order valence-electron chi connectivity index (χ4n) is 3.18. The molecular formula is C17H14Br2N4O. The third-order valence-corrected chi connectivity index (χ3v) is 5.31. The zero-order valence-corrected chi connectivity index (χ0v) is 16.1. The van der Waals surface area contributed by atoms with E-state index in [1.807, 2.05) is 11.0 Å². The Labute approximate surface area is 155 Å². The Balaban J connectivity index is 1.67.